The summed E-state index contributed by atoms with van der Waals surface area (Å²) in [5.41, 5.74) is 7.51. The van der Waals surface area contributed by atoms with E-state index in [9.17, 15) is 0 Å². The van der Waals surface area contributed by atoms with Crippen LogP contribution in [0.15, 0.2) is 91.0 Å². The van der Waals surface area contributed by atoms with Crippen molar-refractivity contribution in [1.29, 1.82) is 0 Å². The molecular weight excluding hydrogens is 551 g/mol. The first kappa shape index (κ1) is 35.0. The van der Waals surface area contributed by atoms with Crippen molar-refractivity contribution in [1.82, 2.24) is 0 Å². The zero-order chi connectivity index (χ0) is 22.5. The summed E-state index contributed by atoms with van der Waals surface area (Å²) in [5, 5.41) is 3.01. The molecule has 0 atom stereocenters. The number of halogens is 2. The zero-order valence-electron chi connectivity index (χ0n) is 21.1. The molecule has 1 radical (unpaired) electrons. The van der Waals surface area contributed by atoms with Gasteiger partial charge in [-0.2, -0.15) is 41.0 Å². The van der Waals surface area contributed by atoms with Gasteiger partial charge in [0.25, 0.3) is 0 Å². The van der Waals surface area contributed by atoms with E-state index in [4.69, 9.17) is 0 Å². The zero-order valence-corrected chi connectivity index (χ0v) is 26.2. The summed E-state index contributed by atoms with van der Waals surface area (Å²) in [7, 11) is 0.241. The Morgan fingerprint density at radius 1 is 0.706 bits per heavy atom. The van der Waals surface area contributed by atoms with Gasteiger partial charge in [-0.15, -0.1) is 0 Å². The predicted octanol–water partition coefficient (Wildman–Crippen LogP) is 0.194. The molecule has 0 amide bonds. The van der Waals surface area contributed by atoms with Crippen LogP contribution in [0.5, 0.6) is 0 Å². The quantitative estimate of drug-likeness (QED) is 0.231. The van der Waals surface area contributed by atoms with E-state index in [1.165, 1.54) is 40.8 Å². The molecule has 0 aliphatic carbocycles. The van der Waals surface area contributed by atoms with Crippen molar-refractivity contribution in [2.75, 3.05) is 0 Å². The fraction of sp³-hybridized carbons (Fsp3) is 0.267. The molecular formula is C30H37Cl2SiZr. The minimum Gasteiger partial charge on any atom is -1.00 e. The average Bonchev–Trinajstić information content (AvgIpc) is 3.50. The smallest absolute Gasteiger partial charge is 1.00 e. The summed E-state index contributed by atoms with van der Waals surface area (Å²) in [6.07, 6.45) is 3.56. The third kappa shape index (κ3) is 11.5. The summed E-state index contributed by atoms with van der Waals surface area (Å²) in [6.45, 7) is 11.1. The fourth-order valence-electron chi connectivity index (χ4n) is 3.71. The molecule has 179 valence electrons. The first-order valence-corrected chi connectivity index (χ1v) is 12.6. The Morgan fingerprint density at radius 3 is 1.56 bits per heavy atom. The van der Waals surface area contributed by atoms with E-state index in [2.05, 4.69) is 95.3 Å². The maximum absolute atomic E-state index is 2.28. The molecule has 0 saturated heterocycles. The van der Waals surface area contributed by atoms with Gasteiger partial charge in [0, 0.05) is 0 Å². The van der Waals surface area contributed by atoms with Crippen LogP contribution in [-0.2, 0) is 45.5 Å². The molecule has 0 fully saturated rings. The van der Waals surface area contributed by atoms with Gasteiger partial charge in [0.2, 0.25) is 0 Å². The van der Waals surface area contributed by atoms with Gasteiger partial charge in [0.15, 0.2) is 0 Å². The third-order valence-corrected chi connectivity index (χ3v) is 7.54. The number of aryl methyl sites for hydroxylation is 4. The minimum atomic E-state index is 0. The minimum absolute atomic E-state index is 0. The Balaban J connectivity index is 0. The Morgan fingerprint density at radius 2 is 1.21 bits per heavy atom. The van der Waals surface area contributed by atoms with Crippen LogP contribution in [0.1, 0.15) is 48.6 Å². The SMILES string of the molecule is CCc1cc[c-](CC)c1CC.Cc1ccccc1[SiH]c1ccccc1C.[Cl-].[Cl-].[Zr+4].c1cc[cH-]c1. The van der Waals surface area contributed by atoms with Crippen LogP contribution in [0, 0.1) is 13.8 Å². The standard InChI is InChI=1S/C14H15Si.C11H17.C5H5.2ClH.Zr/c1-11-7-3-5-9-13(11)15-14-10-6-4-8-12(14)2;1-4-9-7-8-10(5-2)11(9)6-3;1-2-4-5-3-1;;;/h3-10,15H,1-2H3;7-8H,4-6H2,1-3H3;1-5H;2*1H;/q;2*-1;;;+4/p-2. The summed E-state index contributed by atoms with van der Waals surface area (Å²) in [4.78, 5) is 0. The Bertz CT molecular complexity index is 924. The molecule has 4 aromatic rings. The van der Waals surface area contributed by atoms with Crippen molar-refractivity contribution in [3.63, 3.8) is 0 Å². The van der Waals surface area contributed by atoms with E-state index in [-0.39, 0.29) is 60.5 Å². The predicted molar refractivity (Wildman–Crippen MR) is 141 cm³/mol. The third-order valence-electron chi connectivity index (χ3n) is 5.62. The number of rotatable bonds is 5. The first-order valence-electron chi connectivity index (χ1n) is 11.5. The molecule has 34 heavy (non-hydrogen) atoms. The molecule has 0 bridgehead atoms. The van der Waals surface area contributed by atoms with E-state index in [1.807, 2.05) is 30.3 Å². The normalized spacial score (nSPS) is 9.09. The van der Waals surface area contributed by atoms with Gasteiger partial charge in [-0.05, 0) is 13.8 Å². The van der Waals surface area contributed by atoms with E-state index in [0.717, 1.165) is 0 Å². The topological polar surface area (TPSA) is 0 Å². The second kappa shape index (κ2) is 20.1. The number of benzene rings is 2. The van der Waals surface area contributed by atoms with Gasteiger partial charge in [-0.1, -0.05) is 110 Å². The maximum atomic E-state index is 2.28. The van der Waals surface area contributed by atoms with E-state index in [0.29, 0.717) is 0 Å². The van der Waals surface area contributed by atoms with Crippen molar-refractivity contribution in [2.24, 2.45) is 0 Å². The largest absolute Gasteiger partial charge is 4.00 e. The molecule has 0 aromatic heterocycles. The van der Waals surface area contributed by atoms with Crippen LogP contribution in [0.2, 0.25) is 0 Å². The van der Waals surface area contributed by atoms with Gasteiger partial charge < -0.3 is 24.8 Å². The molecule has 0 saturated carbocycles. The molecule has 0 aliphatic rings. The average molecular weight is 588 g/mol. The molecule has 0 unspecified atom stereocenters. The summed E-state index contributed by atoms with van der Waals surface area (Å²) in [6, 6.07) is 31.9. The Hall–Kier alpha value is -1.18. The molecule has 0 heterocycles. The van der Waals surface area contributed by atoms with Crippen LogP contribution in [0.4, 0.5) is 0 Å². The van der Waals surface area contributed by atoms with Crippen molar-refractivity contribution in [3.05, 3.63) is 119 Å². The summed E-state index contributed by atoms with van der Waals surface area (Å²) < 4.78 is 0. The number of hydrogen-bond acceptors (Lipinski definition) is 0. The fourth-order valence-corrected chi connectivity index (χ4v) is 5.11. The molecule has 0 nitrogen and oxygen atoms in total. The van der Waals surface area contributed by atoms with Crippen LogP contribution in [-0.4, -0.2) is 9.52 Å². The molecule has 0 aliphatic heterocycles. The van der Waals surface area contributed by atoms with Gasteiger partial charge >= 0.3 is 26.2 Å². The van der Waals surface area contributed by atoms with Crippen LogP contribution in [0.3, 0.4) is 0 Å². The molecule has 4 rings (SSSR count). The van der Waals surface area contributed by atoms with Crippen molar-refractivity contribution >= 4 is 19.9 Å². The van der Waals surface area contributed by atoms with Gasteiger partial charge in [-0.25, -0.2) is 18.2 Å². The molecule has 4 aromatic carbocycles. The van der Waals surface area contributed by atoms with Gasteiger partial charge in [0.05, 0.1) is 0 Å². The monoisotopic (exact) mass is 585 g/mol. The summed E-state index contributed by atoms with van der Waals surface area (Å²) in [5.74, 6) is 0. The first-order chi connectivity index (χ1) is 15.1. The van der Waals surface area contributed by atoms with Crippen molar-refractivity contribution < 1.29 is 51.0 Å². The van der Waals surface area contributed by atoms with Gasteiger partial charge in [-0.3, -0.25) is 0 Å². The van der Waals surface area contributed by atoms with Crippen LogP contribution in [0.25, 0.3) is 0 Å². The second-order valence-corrected chi connectivity index (χ2v) is 9.28. The molecule has 0 N–H and O–H groups in total. The molecule has 0 spiro atoms. The second-order valence-electron chi connectivity index (χ2n) is 7.74. The maximum Gasteiger partial charge on any atom is 4.00 e. The number of hydrogen-bond donors (Lipinski definition) is 0. The van der Waals surface area contributed by atoms with Crippen molar-refractivity contribution in [3.8, 4) is 0 Å². The Labute approximate surface area is 242 Å². The van der Waals surface area contributed by atoms with Crippen molar-refractivity contribution in [2.45, 2.75) is 53.9 Å². The Kier molecular flexibility index (Phi) is 20.6. The van der Waals surface area contributed by atoms with E-state index < -0.39 is 0 Å². The molecule has 4 heteroatoms. The van der Waals surface area contributed by atoms with E-state index in [1.54, 1.807) is 16.7 Å². The summed E-state index contributed by atoms with van der Waals surface area (Å²) >= 11 is 0. The van der Waals surface area contributed by atoms with Crippen LogP contribution < -0.4 is 35.2 Å². The van der Waals surface area contributed by atoms with Crippen LogP contribution >= 0.6 is 0 Å². The van der Waals surface area contributed by atoms with Gasteiger partial charge in [0.1, 0.15) is 9.52 Å². The van der Waals surface area contributed by atoms with E-state index >= 15 is 0 Å².